The highest BCUT2D eigenvalue weighted by Gasteiger charge is 2.46. The van der Waals surface area contributed by atoms with E-state index in [-0.39, 0.29) is 57.4 Å². The van der Waals surface area contributed by atoms with Crippen LogP contribution in [-0.4, -0.2) is 176 Å². The van der Waals surface area contributed by atoms with E-state index in [1.54, 1.807) is 6.26 Å². The number of carbonyl (C=O) groups excluding carboxylic acids is 7. The van der Waals surface area contributed by atoms with E-state index in [0.29, 0.717) is 11.3 Å². The number of hydrogen-bond acceptors (Lipinski definition) is 19. The number of phenolic OH excluding ortho intramolecular Hbond substituents is 1. The maximum atomic E-state index is 14.3. The minimum atomic E-state index is -5.08. The molecule has 1 aromatic rings. The van der Waals surface area contributed by atoms with Gasteiger partial charge in [-0.1, -0.05) is 12.1 Å². The van der Waals surface area contributed by atoms with Crippen molar-refractivity contribution in [2.24, 2.45) is 17.2 Å². The van der Waals surface area contributed by atoms with E-state index in [0.717, 1.165) is 11.8 Å². The number of carboxylic acid groups (broad SMARTS) is 1. The van der Waals surface area contributed by atoms with Gasteiger partial charge in [-0.15, -0.1) is 4.52 Å². The zero-order valence-corrected chi connectivity index (χ0v) is 37.0. The smallest absolute Gasteiger partial charge is 0.508 e. The SMILES string of the molecule is CSCC[C@H](NC(=O)[C@@H]1CCCN1C(=O)[C@@H](NC(=O)[C@H](CCCNC(N)N)NC(=O)[C@H](CO)NC(=O)CN)[C@@H](C)O[P+](O)(O)O)C(=O)N[C@@H](Cc1ccc(O)cc1)C(=O)NCC(=O)O. The number of nitrogens with one attached hydrogen (secondary N) is 7. The van der Waals surface area contributed by atoms with Crippen LogP contribution < -0.4 is 54.4 Å². The van der Waals surface area contributed by atoms with Gasteiger partial charge in [0.15, 0.2) is 0 Å². The minimum Gasteiger partial charge on any atom is -0.508 e. The molecule has 0 radical (unpaired) electrons. The predicted molar refractivity (Wildman–Crippen MR) is 230 cm³/mol. The van der Waals surface area contributed by atoms with Crippen LogP contribution in [0.25, 0.3) is 0 Å². The van der Waals surface area contributed by atoms with Crippen molar-refractivity contribution >= 4 is 67.3 Å². The van der Waals surface area contributed by atoms with Crippen molar-refractivity contribution in [3.63, 3.8) is 0 Å². The summed E-state index contributed by atoms with van der Waals surface area (Å²) >= 11 is 1.34. The molecule has 7 amide bonds. The van der Waals surface area contributed by atoms with E-state index in [4.69, 9.17) is 26.8 Å². The second-order valence-corrected chi connectivity index (χ2v) is 16.8. The van der Waals surface area contributed by atoms with Gasteiger partial charge in [-0.2, -0.15) is 26.4 Å². The molecule has 64 heavy (non-hydrogen) atoms. The number of benzene rings is 1. The van der Waals surface area contributed by atoms with E-state index in [1.165, 1.54) is 36.0 Å². The Bertz CT molecular complexity index is 1740. The fraction of sp³-hybridized carbons (Fsp3) is 0.611. The Morgan fingerprint density at radius 1 is 0.875 bits per heavy atom. The Labute approximate surface area is 373 Å². The summed E-state index contributed by atoms with van der Waals surface area (Å²) in [5.74, 6) is -7.44. The fourth-order valence-corrected chi connectivity index (χ4v) is 7.41. The lowest BCUT2D eigenvalue weighted by atomic mass is 10.0. The number of amides is 7. The number of carboxylic acids is 1. The monoisotopic (exact) mass is 950 g/mol. The van der Waals surface area contributed by atoms with Crippen molar-refractivity contribution < 1.29 is 72.9 Å². The lowest BCUT2D eigenvalue weighted by molar-refractivity contribution is -0.144. The molecule has 26 nitrogen and oxygen atoms in total. The van der Waals surface area contributed by atoms with Gasteiger partial charge < -0.3 is 69.3 Å². The van der Waals surface area contributed by atoms with Gasteiger partial charge in [0.25, 0.3) is 0 Å². The quantitative estimate of drug-likeness (QED) is 0.0211. The lowest BCUT2D eigenvalue weighted by Gasteiger charge is -2.32. The highest BCUT2D eigenvalue weighted by atomic mass is 32.2. The molecule has 0 spiro atoms. The summed E-state index contributed by atoms with van der Waals surface area (Å²) in [5, 5.41) is 45.6. The zero-order valence-electron chi connectivity index (χ0n) is 35.3. The van der Waals surface area contributed by atoms with Crippen LogP contribution in [0, 0.1) is 0 Å². The molecule has 0 unspecified atom stereocenters. The predicted octanol–water partition coefficient (Wildman–Crippen LogP) is -6.12. The highest BCUT2D eigenvalue weighted by Crippen LogP contribution is 2.47. The summed E-state index contributed by atoms with van der Waals surface area (Å²) in [4.78, 5) is 136. The maximum Gasteiger partial charge on any atom is 0.567 e. The largest absolute Gasteiger partial charge is 0.567 e. The van der Waals surface area contributed by atoms with E-state index < -0.39 is 124 Å². The van der Waals surface area contributed by atoms with Crippen LogP contribution in [0.4, 0.5) is 0 Å². The number of carbonyl (C=O) groups is 8. The van der Waals surface area contributed by atoms with E-state index in [2.05, 4.69) is 37.2 Å². The molecule has 1 aliphatic rings. The van der Waals surface area contributed by atoms with Gasteiger partial charge in [0.2, 0.25) is 41.4 Å². The van der Waals surface area contributed by atoms with Crippen molar-refractivity contribution in [2.45, 2.75) is 94.1 Å². The molecule has 1 aromatic carbocycles. The number of phenols is 1. The Morgan fingerprint density at radius 3 is 2.06 bits per heavy atom. The van der Waals surface area contributed by atoms with Crippen LogP contribution in [0.15, 0.2) is 24.3 Å². The van der Waals surface area contributed by atoms with E-state index in [9.17, 15) is 63.2 Å². The van der Waals surface area contributed by atoms with Crippen molar-refractivity contribution in [1.82, 2.24) is 42.1 Å². The number of nitrogens with zero attached hydrogens (tertiary/aromatic N) is 1. The average molecular weight is 951 g/mol. The average Bonchev–Trinajstić information content (AvgIpc) is 3.73. The number of aliphatic hydroxyl groups excluding tert-OH is 1. The third-order valence-electron chi connectivity index (χ3n) is 9.55. The number of hydrogen-bond donors (Lipinski definition) is 16. The maximum absolute atomic E-state index is 14.3. The van der Waals surface area contributed by atoms with Gasteiger partial charge in [0, 0.05) is 13.0 Å². The van der Waals surface area contributed by atoms with Crippen molar-refractivity contribution in [3.8, 4) is 5.75 Å². The fourth-order valence-electron chi connectivity index (χ4n) is 6.37. The van der Waals surface area contributed by atoms with Crippen LogP contribution in [0.5, 0.6) is 5.75 Å². The Kier molecular flexibility index (Phi) is 23.8. The molecule has 7 atom stereocenters. The summed E-state index contributed by atoms with van der Waals surface area (Å²) in [6.45, 7) is -1.01. The summed E-state index contributed by atoms with van der Waals surface area (Å²) < 4.78 is 4.91. The van der Waals surface area contributed by atoms with E-state index in [1.807, 2.05) is 0 Å². The van der Waals surface area contributed by atoms with Crippen LogP contribution >= 0.6 is 19.9 Å². The molecule has 360 valence electrons. The van der Waals surface area contributed by atoms with Crippen LogP contribution in [0.2, 0.25) is 0 Å². The molecular formula is C36H61N11O15PS+. The lowest BCUT2D eigenvalue weighted by Crippen LogP contribution is -2.62. The summed E-state index contributed by atoms with van der Waals surface area (Å²) in [7, 11) is -5.08. The van der Waals surface area contributed by atoms with Crippen molar-refractivity contribution in [1.29, 1.82) is 0 Å². The number of aliphatic hydroxyl groups is 1. The molecule has 0 aromatic heterocycles. The van der Waals surface area contributed by atoms with Crippen LogP contribution in [-0.2, 0) is 49.3 Å². The third kappa shape index (κ3) is 19.5. The first-order valence-electron chi connectivity index (χ1n) is 20.0. The molecule has 0 saturated carbocycles. The number of rotatable bonds is 28. The standard InChI is InChI=1S/C36H60N11O15PS/c1-19(62-63(59,60)61)29(46-32(55)22(5-3-12-40-36(38)39)43-33(56)25(18-48)42-27(50)16-37)35(58)47-13-4-6-26(47)34(57)44-23(11-14-64-2)31(54)45-24(30(53)41-17-28(51)52)15-20-7-9-21(49)10-8-20/h7-10,19,22-26,29,36,40,48,59-61H,3-6,11-18,37-39H2,1-2H3,(H7-,41,42,43,44,45,46,49,50,51,52,53,54,55,56,57)/p+1/t19-,22+,23+,24+,25+,26+,29+/m1/s1. The summed E-state index contributed by atoms with van der Waals surface area (Å²) in [6, 6.07) is -3.12. The Hall–Kier alpha value is -4.80. The summed E-state index contributed by atoms with van der Waals surface area (Å²) in [6.07, 6.45) is -0.715. The molecule has 0 bridgehead atoms. The molecule has 1 heterocycles. The number of thioether (sulfide) groups is 1. The van der Waals surface area contributed by atoms with Crippen molar-refractivity contribution in [2.75, 3.05) is 44.8 Å². The van der Waals surface area contributed by atoms with E-state index >= 15 is 0 Å². The molecule has 0 aliphatic carbocycles. The minimum absolute atomic E-state index is 0.0355. The zero-order chi connectivity index (χ0) is 48.1. The number of likely N-dealkylation sites (tertiary alicyclic amines) is 1. The van der Waals surface area contributed by atoms with Crippen molar-refractivity contribution in [3.05, 3.63) is 29.8 Å². The molecule has 1 fully saturated rings. The summed E-state index contributed by atoms with van der Waals surface area (Å²) in [5.41, 5.74) is 16.8. The highest BCUT2D eigenvalue weighted by molar-refractivity contribution is 7.98. The van der Waals surface area contributed by atoms with Gasteiger partial charge in [0.1, 0.15) is 60.9 Å². The van der Waals surface area contributed by atoms with Gasteiger partial charge in [-0.3, -0.25) is 43.7 Å². The number of aliphatic carboxylic acids is 1. The Morgan fingerprint density at radius 2 is 1.48 bits per heavy atom. The molecule has 1 saturated heterocycles. The molecular weight excluding hydrogens is 889 g/mol. The first-order valence-corrected chi connectivity index (χ1v) is 22.9. The first kappa shape index (κ1) is 55.3. The number of nitrogens with two attached hydrogens (primary N) is 3. The normalized spacial score (nSPS) is 16.7. The van der Waals surface area contributed by atoms with Gasteiger partial charge in [-0.25, -0.2) is 0 Å². The Balaban J connectivity index is 2.41. The first-order chi connectivity index (χ1) is 30.1. The molecule has 2 rings (SSSR count). The molecule has 1 aliphatic heterocycles. The second-order valence-electron chi connectivity index (χ2n) is 14.6. The second kappa shape index (κ2) is 27.5. The van der Waals surface area contributed by atoms with Crippen LogP contribution in [0.1, 0.15) is 44.6 Å². The van der Waals surface area contributed by atoms with Gasteiger partial charge in [0.05, 0.1) is 13.2 Å². The van der Waals surface area contributed by atoms with Gasteiger partial charge in [-0.05, 0) is 75.3 Å². The molecule has 19 N–H and O–H groups in total. The third-order valence-corrected chi connectivity index (χ3v) is 10.8. The molecule has 28 heteroatoms. The van der Waals surface area contributed by atoms with Gasteiger partial charge >= 0.3 is 14.1 Å². The van der Waals surface area contributed by atoms with Crippen LogP contribution in [0.3, 0.4) is 0 Å². The number of aromatic hydroxyl groups is 1. The topological polar surface area (TPSA) is 433 Å².